The number of anilines is 1. The van der Waals surface area contributed by atoms with Gasteiger partial charge >= 0.3 is 0 Å². The first-order valence-electron chi connectivity index (χ1n) is 5.53. The highest BCUT2D eigenvalue weighted by molar-refractivity contribution is 9.10. The Morgan fingerprint density at radius 2 is 1.80 bits per heavy atom. The number of benzene rings is 2. The van der Waals surface area contributed by atoms with Crippen molar-refractivity contribution >= 4 is 47.6 Å². The van der Waals surface area contributed by atoms with Gasteiger partial charge in [0.15, 0.2) is 0 Å². The molecule has 20 heavy (non-hydrogen) atoms. The van der Waals surface area contributed by atoms with Crippen molar-refractivity contribution in [2.75, 3.05) is 4.72 Å². The maximum absolute atomic E-state index is 13.2. The predicted octanol–water partition coefficient (Wildman–Crippen LogP) is 4.46. The van der Waals surface area contributed by atoms with E-state index in [2.05, 4.69) is 36.6 Å². The number of hydrogen-bond acceptors (Lipinski definition) is 2. The van der Waals surface area contributed by atoms with Gasteiger partial charge in [-0.3, -0.25) is 4.72 Å². The average Bonchev–Trinajstić information content (AvgIpc) is 2.36. The van der Waals surface area contributed by atoms with Gasteiger partial charge in [0.25, 0.3) is 10.0 Å². The van der Waals surface area contributed by atoms with Gasteiger partial charge in [-0.2, -0.15) is 0 Å². The van der Waals surface area contributed by atoms with Gasteiger partial charge in [0.2, 0.25) is 0 Å². The van der Waals surface area contributed by atoms with E-state index >= 15 is 0 Å². The van der Waals surface area contributed by atoms with E-state index in [4.69, 9.17) is 0 Å². The summed E-state index contributed by atoms with van der Waals surface area (Å²) >= 11 is 6.42. The Hall–Kier alpha value is -0.920. The third-order valence-electron chi connectivity index (χ3n) is 2.61. The van der Waals surface area contributed by atoms with Crippen LogP contribution < -0.4 is 4.72 Å². The second kappa shape index (κ2) is 5.83. The highest BCUT2D eigenvalue weighted by Crippen LogP contribution is 2.28. The first kappa shape index (κ1) is 15.5. The van der Waals surface area contributed by atoms with Crippen LogP contribution >= 0.6 is 31.9 Å². The Morgan fingerprint density at radius 1 is 1.10 bits per heavy atom. The van der Waals surface area contributed by atoms with Crippen LogP contribution in [0.15, 0.2) is 50.2 Å². The maximum atomic E-state index is 13.2. The van der Waals surface area contributed by atoms with Gasteiger partial charge in [-0.25, -0.2) is 12.8 Å². The summed E-state index contributed by atoms with van der Waals surface area (Å²) in [6, 6.07) is 8.76. The number of nitrogens with one attached hydrogen (secondary N) is 1. The number of sulfonamides is 1. The number of rotatable bonds is 3. The Kier molecular flexibility index (Phi) is 4.51. The molecular formula is C13H10Br2FNO2S. The molecule has 0 atom stereocenters. The molecule has 0 fully saturated rings. The molecule has 0 saturated carbocycles. The molecule has 0 aromatic heterocycles. The van der Waals surface area contributed by atoms with E-state index in [-0.39, 0.29) is 10.6 Å². The average molecular weight is 423 g/mol. The Labute approximate surface area is 133 Å². The summed E-state index contributed by atoms with van der Waals surface area (Å²) in [4.78, 5) is 0.142. The minimum Gasteiger partial charge on any atom is -0.278 e. The number of halogens is 3. The molecule has 0 saturated heterocycles. The second-order valence-electron chi connectivity index (χ2n) is 4.14. The van der Waals surface area contributed by atoms with Gasteiger partial charge in [-0.15, -0.1) is 0 Å². The highest BCUT2D eigenvalue weighted by atomic mass is 79.9. The first-order chi connectivity index (χ1) is 9.29. The maximum Gasteiger partial charge on any atom is 0.262 e. The van der Waals surface area contributed by atoms with Crippen LogP contribution in [0.5, 0.6) is 0 Å². The Morgan fingerprint density at radius 3 is 2.50 bits per heavy atom. The fraction of sp³-hybridized carbons (Fsp3) is 0.0769. The van der Waals surface area contributed by atoms with Gasteiger partial charge in [0, 0.05) is 8.95 Å². The van der Waals surface area contributed by atoms with Crippen LogP contribution in [0.4, 0.5) is 10.1 Å². The standard InChI is InChI=1S/C13H10Br2FNO2S/c1-8-2-3-9(14)6-13(8)20(18,19)17-12-7-10(16)4-5-11(12)15/h2-7,17H,1H3. The van der Waals surface area contributed by atoms with E-state index in [9.17, 15) is 12.8 Å². The van der Waals surface area contributed by atoms with Gasteiger partial charge in [0.1, 0.15) is 5.82 Å². The zero-order chi connectivity index (χ0) is 14.9. The van der Waals surface area contributed by atoms with Crippen molar-refractivity contribution in [1.29, 1.82) is 0 Å². The molecule has 0 bridgehead atoms. The summed E-state index contributed by atoms with van der Waals surface area (Å²) < 4.78 is 41.4. The summed E-state index contributed by atoms with van der Waals surface area (Å²) in [7, 11) is -3.78. The van der Waals surface area contributed by atoms with Crippen molar-refractivity contribution in [1.82, 2.24) is 0 Å². The van der Waals surface area contributed by atoms with Crippen LogP contribution in [0.3, 0.4) is 0 Å². The second-order valence-corrected chi connectivity index (χ2v) is 7.56. The zero-order valence-electron chi connectivity index (χ0n) is 10.3. The Bertz CT molecular complexity index is 763. The molecule has 0 heterocycles. The summed E-state index contributed by atoms with van der Waals surface area (Å²) in [5.74, 6) is -0.517. The monoisotopic (exact) mass is 421 g/mol. The first-order valence-corrected chi connectivity index (χ1v) is 8.60. The summed E-state index contributed by atoms with van der Waals surface area (Å²) in [6.07, 6.45) is 0. The van der Waals surface area contributed by atoms with E-state index in [0.29, 0.717) is 14.5 Å². The van der Waals surface area contributed by atoms with Crippen LogP contribution in [0, 0.1) is 12.7 Å². The van der Waals surface area contributed by atoms with Gasteiger partial charge in [0.05, 0.1) is 10.6 Å². The van der Waals surface area contributed by atoms with Crippen molar-refractivity contribution in [3.63, 3.8) is 0 Å². The zero-order valence-corrected chi connectivity index (χ0v) is 14.3. The molecule has 2 rings (SSSR count). The molecule has 0 aliphatic carbocycles. The lowest BCUT2D eigenvalue weighted by molar-refractivity contribution is 0.600. The predicted molar refractivity (Wildman–Crippen MR) is 83.8 cm³/mol. The molecule has 0 aliphatic heterocycles. The summed E-state index contributed by atoms with van der Waals surface area (Å²) in [5, 5.41) is 0. The van der Waals surface area contributed by atoms with Crippen LogP contribution in [0.25, 0.3) is 0 Å². The van der Waals surface area contributed by atoms with E-state index in [0.717, 1.165) is 6.07 Å². The SMILES string of the molecule is Cc1ccc(Br)cc1S(=O)(=O)Nc1cc(F)ccc1Br. The van der Waals surface area contributed by atoms with Crippen molar-refractivity contribution in [3.8, 4) is 0 Å². The molecule has 0 aliphatic rings. The molecule has 1 N–H and O–H groups in total. The molecule has 0 amide bonds. The van der Waals surface area contributed by atoms with Crippen molar-refractivity contribution in [3.05, 3.63) is 56.7 Å². The molecule has 0 spiro atoms. The van der Waals surface area contributed by atoms with Crippen molar-refractivity contribution in [2.24, 2.45) is 0 Å². The topological polar surface area (TPSA) is 46.2 Å². The number of aryl methyl sites for hydroxylation is 1. The van der Waals surface area contributed by atoms with E-state index in [1.165, 1.54) is 18.2 Å². The molecule has 0 unspecified atom stereocenters. The van der Waals surface area contributed by atoms with E-state index in [1.807, 2.05) is 0 Å². The van der Waals surface area contributed by atoms with Gasteiger partial charge < -0.3 is 0 Å². The fourth-order valence-corrected chi connectivity index (χ4v) is 3.97. The normalized spacial score (nSPS) is 11.4. The number of hydrogen-bond donors (Lipinski definition) is 1. The van der Waals surface area contributed by atoms with Crippen LogP contribution in [0.1, 0.15) is 5.56 Å². The van der Waals surface area contributed by atoms with Crippen molar-refractivity contribution in [2.45, 2.75) is 11.8 Å². The lowest BCUT2D eigenvalue weighted by Gasteiger charge is -2.12. The van der Waals surface area contributed by atoms with E-state index < -0.39 is 15.8 Å². The molecule has 106 valence electrons. The summed E-state index contributed by atoms with van der Waals surface area (Å²) in [6.45, 7) is 1.70. The smallest absolute Gasteiger partial charge is 0.262 e. The van der Waals surface area contributed by atoms with Crippen LogP contribution in [-0.2, 0) is 10.0 Å². The van der Waals surface area contributed by atoms with E-state index in [1.54, 1.807) is 19.1 Å². The quantitative estimate of drug-likeness (QED) is 0.793. The van der Waals surface area contributed by atoms with Crippen molar-refractivity contribution < 1.29 is 12.8 Å². The molecule has 0 radical (unpaired) electrons. The Balaban J connectivity index is 2.46. The highest BCUT2D eigenvalue weighted by Gasteiger charge is 2.18. The largest absolute Gasteiger partial charge is 0.278 e. The third kappa shape index (κ3) is 3.39. The van der Waals surface area contributed by atoms with Gasteiger partial charge in [-0.1, -0.05) is 22.0 Å². The lowest BCUT2D eigenvalue weighted by Crippen LogP contribution is -2.14. The molecule has 2 aromatic rings. The lowest BCUT2D eigenvalue weighted by atomic mass is 10.2. The molecular weight excluding hydrogens is 413 g/mol. The van der Waals surface area contributed by atoms with Gasteiger partial charge in [-0.05, 0) is 58.7 Å². The van der Waals surface area contributed by atoms with Crippen LogP contribution in [0.2, 0.25) is 0 Å². The minimum absolute atomic E-state index is 0.142. The van der Waals surface area contributed by atoms with Crippen LogP contribution in [-0.4, -0.2) is 8.42 Å². The molecule has 7 heteroatoms. The minimum atomic E-state index is -3.78. The fourth-order valence-electron chi connectivity index (χ4n) is 1.64. The molecule has 3 nitrogen and oxygen atoms in total. The summed E-state index contributed by atoms with van der Waals surface area (Å²) in [5.41, 5.74) is 0.762. The molecule has 2 aromatic carbocycles. The third-order valence-corrected chi connectivity index (χ3v) is 5.30.